The Balaban J connectivity index is 1.67. The van der Waals surface area contributed by atoms with Crippen molar-refractivity contribution in [3.8, 4) is 5.75 Å². The van der Waals surface area contributed by atoms with Gasteiger partial charge in [-0.05, 0) is 61.0 Å². The number of amidine groups is 1. The van der Waals surface area contributed by atoms with Crippen LogP contribution in [-0.2, 0) is 0 Å². The van der Waals surface area contributed by atoms with Gasteiger partial charge in [0.15, 0.2) is 5.84 Å². The van der Waals surface area contributed by atoms with Crippen LogP contribution in [0.15, 0.2) is 95.0 Å². The van der Waals surface area contributed by atoms with E-state index in [2.05, 4.69) is 10.5 Å². The first-order chi connectivity index (χ1) is 14.2. The number of nitrogens with zero attached hydrogens (tertiary/aromatic N) is 3. The number of para-hydroxylation sites is 1. The molecule has 0 fully saturated rings. The maximum Gasteiger partial charge on any atom is 0.173 e. The Morgan fingerprint density at radius 1 is 0.897 bits per heavy atom. The lowest BCUT2D eigenvalue weighted by Gasteiger charge is -2.07. The number of phenols is 1. The van der Waals surface area contributed by atoms with Crippen molar-refractivity contribution in [3.63, 3.8) is 0 Å². The molecule has 0 atom stereocenters. The second-order valence-electron chi connectivity index (χ2n) is 6.65. The molecule has 0 aliphatic carbocycles. The molecular formula is C24H20N4O. The van der Waals surface area contributed by atoms with Gasteiger partial charge in [0.25, 0.3) is 0 Å². The molecule has 0 aliphatic rings. The molecular weight excluding hydrogens is 360 g/mol. The summed E-state index contributed by atoms with van der Waals surface area (Å²) in [6, 6.07) is 26.7. The molecule has 142 valence electrons. The van der Waals surface area contributed by atoms with E-state index in [0.717, 1.165) is 22.2 Å². The van der Waals surface area contributed by atoms with Crippen molar-refractivity contribution in [2.45, 2.75) is 6.92 Å². The van der Waals surface area contributed by atoms with Gasteiger partial charge in [0, 0.05) is 5.39 Å². The molecule has 0 amide bonds. The average Bonchev–Trinajstić information content (AvgIpc) is 2.75. The standard InChI is InChI=1S/C24H20N4O/c1-17-6-11-20(12-7-17)26-24(28-25-16-18-8-13-21(29)14-9-18)23-15-10-19-4-2-3-5-22(19)27-23/h2-16,29H,1H3,(H,26,28)/b25-16+. The minimum atomic E-state index is 0.220. The number of aromatic nitrogens is 1. The second-order valence-corrected chi connectivity index (χ2v) is 6.65. The number of aryl methyl sites for hydroxylation is 1. The Kier molecular flexibility index (Phi) is 5.29. The summed E-state index contributed by atoms with van der Waals surface area (Å²) in [5, 5.41) is 14.8. The summed E-state index contributed by atoms with van der Waals surface area (Å²) in [5.74, 6) is 0.770. The molecule has 4 aromatic rings. The number of hydrogen-bond acceptors (Lipinski definition) is 4. The fourth-order valence-electron chi connectivity index (χ4n) is 2.81. The van der Waals surface area contributed by atoms with Crippen molar-refractivity contribution < 1.29 is 5.11 Å². The molecule has 4 rings (SSSR count). The van der Waals surface area contributed by atoms with Crippen LogP contribution in [0.4, 0.5) is 5.69 Å². The summed E-state index contributed by atoms with van der Waals surface area (Å²) in [6.07, 6.45) is 1.67. The van der Waals surface area contributed by atoms with E-state index in [4.69, 9.17) is 9.98 Å². The summed E-state index contributed by atoms with van der Waals surface area (Å²) in [6.45, 7) is 2.04. The molecule has 0 saturated heterocycles. The van der Waals surface area contributed by atoms with Crippen LogP contribution >= 0.6 is 0 Å². The molecule has 5 heteroatoms. The predicted octanol–water partition coefficient (Wildman–Crippen LogP) is 4.95. The van der Waals surface area contributed by atoms with Crippen LogP contribution in [-0.4, -0.2) is 22.1 Å². The lowest BCUT2D eigenvalue weighted by atomic mass is 10.2. The number of hydrogen-bond donors (Lipinski definition) is 2. The highest BCUT2D eigenvalue weighted by molar-refractivity contribution is 6.00. The van der Waals surface area contributed by atoms with Crippen molar-refractivity contribution in [3.05, 3.63) is 102 Å². The highest BCUT2D eigenvalue weighted by Crippen LogP contribution is 2.16. The number of aliphatic imine (C=N–C) groups is 1. The van der Waals surface area contributed by atoms with Crippen LogP contribution in [0, 0.1) is 6.92 Å². The van der Waals surface area contributed by atoms with E-state index in [9.17, 15) is 5.11 Å². The molecule has 0 bridgehead atoms. The zero-order chi connectivity index (χ0) is 20.1. The van der Waals surface area contributed by atoms with Crippen LogP contribution in [0.2, 0.25) is 0 Å². The van der Waals surface area contributed by atoms with Crippen molar-refractivity contribution in [1.29, 1.82) is 0 Å². The molecule has 0 aliphatic heterocycles. The van der Waals surface area contributed by atoms with Crippen molar-refractivity contribution in [1.82, 2.24) is 10.4 Å². The Morgan fingerprint density at radius 3 is 2.45 bits per heavy atom. The summed E-state index contributed by atoms with van der Waals surface area (Å²) in [4.78, 5) is 9.44. The zero-order valence-electron chi connectivity index (χ0n) is 15.9. The third kappa shape index (κ3) is 4.65. The summed E-state index contributed by atoms with van der Waals surface area (Å²) < 4.78 is 0. The molecule has 29 heavy (non-hydrogen) atoms. The molecule has 0 saturated carbocycles. The van der Waals surface area contributed by atoms with Crippen molar-refractivity contribution >= 4 is 28.6 Å². The van der Waals surface area contributed by atoms with Crippen LogP contribution in [0.3, 0.4) is 0 Å². The molecule has 1 aromatic heterocycles. The minimum absolute atomic E-state index is 0.220. The van der Waals surface area contributed by atoms with Gasteiger partial charge < -0.3 is 5.11 Å². The fraction of sp³-hybridized carbons (Fsp3) is 0.0417. The third-order valence-corrected chi connectivity index (χ3v) is 4.39. The van der Waals surface area contributed by atoms with Gasteiger partial charge in [-0.1, -0.05) is 42.0 Å². The molecule has 2 N–H and O–H groups in total. The second kappa shape index (κ2) is 8.35. The van der Waals surface area contributed by atoms with E-state index >= 15 is 0 Å². The molecule has 0 spiro atoms. The average molecular weight is 380 g/mol. The topological polar surface area (TPSA) is 69.9 Å². The van der Waals surface area contributed by atoms with Crippen molar-refractivity contribution in [2.24, 2.45) is 10.1 Å². The Bertz CT molecular complexity index is 1180. The van der Waals surface area contributed by atoms with Gasteiger partial charge in [-0.15, -0.1) is 0 Å². The molecule has 1 heterocycles. The number of hydrazone groups is 1. The number of rotatable bonds is 4. The number of benzene rings is 3. The third-order valence-electron chi connectivity index (χ3n) is 4.39. The van der Waals surface area contributed by atoms with Gasteiger partial charge in [0.05, 0.1) is 17.4 Å². The lowest BCUT2D eigenvalue weighted by Crippen LogP contribution is -2.20. The molecule has 3 aromatic carbocycles. The van der Waals surface area contributed by atoms with Gasteiger partial charge >= 0.3 is 0 Å². The highest BCUT2D eigenvalue weighted by Gasteiger charge is 2.06. The smallest absolute Gasteiger partial charge is 0.173 e. The quantitative estimate of drug-likeness (QED) is 0.299. The summed E-state index contributed by atoms with van der Waals surface area (Å²) in [5.41, 5.74) is 7.46. The zero-order valence-corrected chi connectivity index (χ0v) is 15.9. The number of fused-ring (bicyclic) bond motifs is 1. The first-order valence-corrected chi connectivity index (χ1v) is 9.27. The number of pyridine rings is 1. The predicted molar refractivity (Wildman–Crippen MR) is 118 cm³/mol. The van der Waals surface area contributed by atoms with Crippen LogP contribution in [0.1, 0.15) is 16.8 Å². The van der Waals surface area contributed by atoms with E-state index in [0.29, 0.717) is 11.5 Å². The van der Waals surface area contributed by atoms with E-state index in [1.54, 1.807) is 30.5 Å². The summed E-state index contributed by atoms with van der Waals surface area (Å²) >= 11 is 0. The van der Waals surface area contributed by atoms with Gasteiger partial charge in [-0.25, -0.2) is 9.98 Å². The Hall–Kier alpha value is -3.99. The first kappa shape index (κ1) is 18.4. The normalized spacial score (nSPS) is 11.8. The molecule has 0 unspecified atom stereocenters. The fourth-order valence-corrected chi connectivity index (χ4v) is 2.81. The van der Waals surface area contributed by atoms with Crippen molar-refractivity contribution in [2.75, 3.05) is 0 Å². The van der Waals surface area contributed by atoms with E-state index < -0.39 is 0 Å². The maximum absolute atomic E-state index is 9.40. The van der Waals surface area contributed by atoms with Crippen LogP contribution < -0.4 is 5.43 Å². The number of nitrogens with one attached hydrogen (secondary N) is 1. The molecule has 5 nitrogen and oxygen atoms in total. The highest BCUT2D eigenvalue weighted by atomic mass is 16.3. The number of aromatic hydroxyl groups is 1. The first-order valence-electron chi connectivity index (χ1n) is 9.27. The minimum Gasteiger partial charge on any atom is -0.508 e. The number of phenolic OH excluding ortho intramolecular Hbond substituents is 1. The lowest BCUT2D eigenvalue weighted by molar-refractivity contribution is 0.475. The van der Waals surface area contributed by atoms with E-state index in [1.807, 2.05) is 67.6 Å². The van der Waals surface area contributed by atoms with Gasteiger partial charge in [-0.3, -0.25) is 5.43 Å². The Morgan fingerprint density at radius 2 is 1.66 bits per heavy atom. The van der Waals surface area contributed by atoms with E-state index in [-0.39, 0.29) is 5.75 Å². The SMILES string of the molecule is Cc1ccc(N=C(N/N=C/c2ccc(O)cc2)c2ccc3ccccc3n2)cc1. The molecule has 0 radical (unpaired) electrons. The monoisotopic (exact) mass is 380 g/mol. The van der Waals surface area contributed by atoms with Crippen LogP contribution in [0.25, 0.3) is 10.9 Å². The van der Waals surface area contributed by atoms with Gasteiger partial charge in [-0.2, -0.15) is 5.10 Å². The van der Waals surface area contributed by atoms with Gasteiger partial charge in [0.1, 0.15) is 11.4 Å². The van der Waals surface area contributed by atoms with Crippen LogP contribution in [0.5, 0.6) is 5.75 Å². The largest absolute Gasteiger partial charge is 0.508 e. The van der Waals surface area contributed by atoms with Gasteiger partial charge in [0.2, 0.25) is 0 Å². The van der Waals surface area contributed by atoms with E-state index in [1.165, 1.54) is 5.56 Å². The maximum atomic E-state index is 9.40. The summed E-state index contributed by atoms with van der Waals surface area (Å²) in [7, 11) is 0. The Labute approximate surface area is 169 Å².